The van der Waals surface area contributed by atoms with Crippen molar-refractivity contribution in [3.8, 4) is 0 Å². The van der Waals surface area contributed by atoms with Crippen molar-refractivity contribution in [3.05, 3.63) is 34.6 Å². The Hall–Kier alpha value is -0.680. The molecule has 1 aromatic carbocycles. The molecule has 1 aliphatic rings. The summed E-state index contributed by atoms with van der Waals surface area (Å²) in [5, 5.41) is 3.72. The van der Waals surface area contributed by atoms with E-state index in [1.165, 1.54) is 6.07 Å². The topological polar surface area (TPSA) is 24.5 Å². The fourth-order valence-corrected chi connectivity index (χ4v) is 2.88. The van der Waals surface area contributed by atoms with Gasteiger partial charge in [-0.15, -0.1) is 0 Å². The van der Waals surface area contributed by atoms with Crippen LogP contribution in [0.2, 0.25) is 5.02 Å². The maximum absolute atomic E-state index is 13.7. The molecule has 3 nitrogen and oxygen atoms in total. The van der Waals surface area contributed by atoms with Gasteiger partial charge < -0.3 is 10.1 Å². The number of morpholine rings is 1. The second-order valence-corrected chi connectivity index (χ2v) is 6.38. The van der Waals surface area contributed by atoms with Gasteiger partial charge in [-0.1, -0.05) is 31.5 Å². The number of halogens is 2. The molecule has 0 bridgehead atoms. The lowest BCUT2D eigenvalue weighted by atomic mass is 10.1. The quantitative estimate of drug-likeness (QED) is 0.874. The number of hydrogen-bond acceptors (Lipinski definition) is 3. The van der Waals surface area contributed by atoms with Crippen molar-refractivity contribution in [1.82, 2.24) is 10.2 Å². The SMILES string of the molecule is CC(C)CN1CCOC(CNCc2c(F)cccc2Cl)C1. The molecule has 118 valence electrons. The predicted octanol–water partition coefficient (Wildman–Crippen LogP) is 2.93. The first-order chi connectivity index (χ1) is 10.1. The molecule has 2 rings (SSSR count). The van der Waals surface area contributed by atoms with Crippen LogP contribution in [0.3, 0.4) is 0 Å². The van der Waals surface area contributed by atoms with Gasteiger partial charge in [0.15, 0.2) is 0 Å². The first-order valence-corrected chi connectivity index (χ1v) is 7.91. The molecule has 1 saturated heterocycles. The molecule has 0 spiro atoms. The minimum absolute atomic E-state index is 0.156. The van der Waals surface area contributed by atoms with Gasteiger partial charge in [0.1, 0.15) is 5.82 Å². The van der Waals surface area contributed by atoms with E-state index in [9.17, 15) is 4.39 Å². The summed E-state index contributed by atoms with van der Waals surface area (Å²) in [4.78, 5) is 2.43. The highest BCUT2D eigenvalue weighted by molar-refractivity contribution is 6.31. The Balaban J connectivity index is 1.78. The van der Waals surface area contributed by atoms with Crippen LogP contribution in [0.4, 0.5) is 4.39 Å². The Kier molecular flexibility index (Phi) is 6.42. The zero-order valence-electron chi connectivity index (χ0n) is 12.7. The first kappa shape index (κ1) is 16.7. The summed E-state index contributed by atoms with van der Waals surface area (Å²) >= 11 is 6.01. The van der Waals surface area contributed by atoms with Gasteiger partial charge in [-0.3, -0.25) is 4.90 Å². The Bertz CT molecular complexity index is 436. The lowest BCUT2D eigenvalue weighted by molar-refractivity contribution is -0.0303. The van der Waals surface area contributed by atoms with Crippen molar-refractivity contribution in [3.63, 3.8) is 0 Å². The summed E-state index contributed by atoms with van der Waals surface area (Å²) in [6.45, 7) is 9.36. The summed E-state index contributed by atoms with van der Waals surface area (Å²) < 4.78 is 19.4. The van der Waals surface area contributed by atoms with Crippen LogP contribution in [0.5, 0.6) is 0 Å². The van der Waals surface area contributed by atoms with Gasteiger partial charge in [-0.2, -0.15) is 0 Å². The molecular formula is C16H24ClFN2O. The summed E-state index contributed by atoms with van der Waals surface area (Å²) in [7, 11) is 0. The fourth-order valence-electron chi connectivity index (χ4n) is 2.65. The van der Waals surface area contributed by atoms with Crippen LogP contribution in [-0.4, -0.2) is 43.8 Å². The maximum atomic E-state index is 13.7. The Morgan fingerprint density at radius 2 is 2.29 bits per heavy atom. The van der Waals surface area contributed by atoms with Crippen molar-refractivity contribution in [2.24, 2.45) is 5.92 Å². The van der Waals surface area contributed by atoms with E-state index < -0.39 is 0 Å². The van der Waals surface area contributed by atoms with E-state index >= 15 is 0 Å². The van der Waals surface area contributed by atoms with E-state index in [-0.39, 0.29) is 11.9 Å². The van der Waals surface area contributed by atoms with Crippen LogP contribution in [0.1, 0.15) is 19.4 Å². The van der Waals surface area contributed by atoms with Gasteiger partial charge in [0, 0.05) is 43.3 Å². The van der Waals surface area contributed by atoms with Crippen molar-refractivity contribution in [2.45, 2.75) is 26.5 Å². The number of nitrogens with one attached hydrogen (secondary N) is 1. The van der Waals surface area contributed by atoms with Gasteiger partial charge in [0.2, 0.25) is 0 Å². The van der Waals surface area contributed by atoms with Gasteiger partial charge in [-0.25, -0.2) is 4.39 Å². The number of nitrogens with zero attached hydrogens (tertiary/aromatic N) is 1. The molecule has 1 aliphatic heterocycles. The molecule has 5 heteroatoms. The molecule has 0 radical (unpaired) electrons. The van der Waals surface area contributed by atoms with Crippen molar-refractivity contribution >= 4 is 11.6 Å². The van der Waals surface area contributed by atoms with Crippen molar-refractivity contribution in [1.29, 1.82) is 0 Å². The van der Waals surface area contributed by atoms with Crippen LogP contribution < -0.4 is 5.32 Å². The molecule has 0 aromatic heterocycles. The molecule has 0 amide bonds. The van der Waals surface area contributed by atoms with Gasteiger partial charge in [0.05, 0.1) is 12.7 Å². The number of hydrogen-bond donors (Lipinski definition) is 1. The van der Waals surface area contributed by atoms with Crippen LogP contribution >= 0.6 is 11.6 Å². The average Bonchev–Trinajstić information content (AvgIpc) is 2.42. The fraction of sp³-hybridized carbons (Fsp3) is 0.625. The smallest absolute Gasteiger partial charge is 0.129 e. The van der Waals surface area contributed by atoms with Crippen LogP contribution in [0.15, 0.2) is 18.2 Å². The largest absolute Gasteiger partial charge is 0.374 e. The van der Waals surface area contributed by atoms with E-state index in [1.807, 2.05) is 0 Å². The van der Waals surface area contributed by atoms with Gasteiger partial charge >= 0.3 is 0 Å². The normalized spacial score (nSPS) is 20.1. The minimum atomic E-state index is -0.263. The third-order valence-electron chi connectivity index (χ3n) is 3.58. The molecule has 1 atom stereocenters. The lowest BCUT2D eigenvalue weighted by Crippen LogP contribution is -2.47. The zero-order valence-corrected chi connectivity index (χ0v) is 13.5. The Morgan fingerprint density at radius 1 is 1.48 bits per heavy atom. The van der Waals surface area contributed by atoms with Gasteiger partial charge in [-0.05, 0) is 18.1 Å². The van der Waals surface area contributed by atoms with E-state index in [2.05, 4.69) is 24.1 Å². The van der Waals surface area contributed by atoms with E-state index in [1.54, 1.807) is 12.1 Å². The first-order valence-electron chi connectivity index (χ1n) is 7.54. The number of rotatable bonds is 6. The van der Waals surface area contributed by atoms with Crippen LogP contribution in [-0.2, 0) is 11.3 Å². The summed E-state index contributed by atoms with van der Waals surface area (Å²) in [5.74, 6) is 0.398. The van der Waals surface area contributed by atoms with Crippen molar-refractivity contribution in [2.75, 3.05) is 32.8 Å². The van der Waals surface area contributed by atoms with E-state index in [4.69, 9.17) is 16.3 Å². The van der Waals surface area contributed by atoms with Crippen molar-refractivity contribution < 1.29 is 9.13 Å². The molecule has 21 heavy (non-hydrogen) atoms. The third-order valence-corrected chi connectivity index (χ3v) is 3.94. The zero-order chi connectivity index (χ0) is 15.2. The molecule has 1 heterocycles. The monoisotopic (exact) mass is 314 g/mol. The number of ether oxygens (including phenoxy) is 1. The Morgan fingerprint density at radius 3 is 3.00 bits per heavy atom. The van der Waals surface area contributed by atoms with E-state index in [0.29, 0.717) is 29.6 Å². The molecule has 1 N–H and O–H groups in total. The summed E-state index contributed by atoms with van der Waals surface area (Å²) in [6, 6.07) is 4.77. The Labute approximate surface area is 131 Å². The second kappa shape index (κ2) is 8.08. The molecule has 1 unspecified atom stereocenters. The van der Waals surface area contributed by atoms with E-state index in [0.717, 1.165) is 26.2 Å². The molecule has 1 fully saturated rings. The molecule has 1 aromatic rings. The second-order valence-electron chi connectivity index (χ2n) is 5.98. The highest BCUT2D eigenvalue weighted by Gasteiger charge is 2.20. The molecular weight excluding hydrogens is 291 g/mol. The summed E-state index contributed by atoms with van der Waals surface area (Å²) in [6.07, 6.45) is 0.156. The molecule has 0 aliphatic carbocycles. The maximum Gasteiger partial charge on any atom is 0.129 e. The molecule has 0 saturated carbocycles. The average molecular weight is 315 g/mol. The highest BCUT2D eigenvalue weighted by Crippen LogP contribution is 2.18. The van der Waals surface area contributed by atoms with Crippen LogP contribution in [0, 0.1) is 11.7 Å². The third kappa shape index (κ3) is 5.22. The van der Waals surface area contributed by atoms with Gasteiger partial charge in [0.25, 0.3) is 0 Å². The minimum Gasteiger partial charge on any atom is -0.374 e. The number of benzene rings is 1. The summed E-state index contributed by atoms with van der Waals surface area (Å²) in [5.41, 5.74) is 0.522. The standard InChI is InChI=1S/C16H24ClFN2O/c1-12(2)10-20-6-7-21-13(11-20)8-19-9-14-15(17)4-3-5-16(14)18/h3-5,12-13,19H,6-11H2,1-2H3. The van der Waals surface area contributed by atoms with Crippen LogP contribution in [0.25, 0.3) is 0 Å². The predicted molar refractivity (Wildman–Crippen MR) is 84.1 cm³/mol. The lowest BCUT2D eigenvalue weighted by Gasteiger charge is -2.34. The highest BCUT2D eigenvalue weighted by atomic mass is 35.5.